The van der Waals surface area contributed by atoms with Gasteiger partial charge in [-0.3, -0.25) is 0 Å². The molecule has 1 aliphatic carbocycles. The van der Waals surface area contributed by atoms with E-state index < -0.39 is 0 Å². The Hall–Kier alpha value is -0.970. The third kappa shape index (κ3) is 1.45. The number of hydrogen-bond acceptors (Lipinski definition) is 4. The summed E-state index contributed by atoms with van der Waals surface area (Å²) in [7, 11) is 0. The summed E-state index contributed by atoms with van der Waals surface area (Å²) in [4.78, 5) is 0. The molecule has 0 atom stereocenters. The first-order valence-electron chi connectivity index (χ1n) is 4.34. The van der Waals surface area contributed by atoms with Gasteiger partial charge in [0.15, 0.2) is 0 Å². The van der Waals surface area contributed by atoms with Crippen LogP contribution in [0.4, 0.5) is 0 Å². The number of nitrogens with zero attached hydrogens (tertiary/aromatic N) is 4. The van der Waals surface area contributed by atoms with Crippen molar-refractivity contribution in [1.82, 2.24) is 20.2 Å². The van der Waals surface area contributed by atoms with Crippen LogP contribution in [0.2, 0.25) is 0 Å². The van der Waals surface area contributed by atoms with Crippen molar-refractivity contribution in [3.05, 3.63) is 6.33 Å². The van der Waals surface area contributed by atoms with Gasteiger partial charge in [0.2, 0.25) is 0 Å². The molecular formula is C7H13N5. The molecule has 0 spiro atoms. The fraction of sp³-hybridized carbons (Fsp3) is 0.857. The van der Waals surface area contributed by atoms with Gasteiger partial charge in [-0.05, 0) is 36.1 Å². The molecule has 1 aromatic rings. The molecule has 1 aliphatic rings. The van der Waals surface area contributed by atoms with E-state index in [0.29, 0.717) is 12.1 Å². The van der Waals surface area contributed by atoms with E-state index in [-0.39, 0.29) is 0 Å². The van der Waals surface area contributed by atoms with E-state index in [2.05, 4.69) is 15.5 Å². The molecule has 2 N–H and O–H groups in total. The SMILES string of the molecule is NC1CCC(n2cnnn2)CC1. The molecule has 5 nitrogen and oxygen atoms in total. The second-order valence-corrected chi connectivity index (χ2v) is 3.36. The Bertz CT molecular complexity index is 224. The third-order valence-corrected chi connectivity index (χ3v) is 2.48. The summed E-state index contributed by atoms with van der Waals surface area (Å²) in [6, 6.07) is 0.859. The highest BCUT2D eigenvalue weighted by atomic mass is 15.5. The lowest BCUT2D eigenvalue weighted by molar-refractivity contribution is 0.300. The Morgan fingerprint density at radius 3 is 2.58 bits per heavy atom. The van der Waals surface area contributed by atoms with E-state index in [1.54, 1.807) is 6.33 Å². The van der Waals surface area contributed by atoms with Crippen LogP contribution in [0.5, 0.6) is 0 Å². The fourth-order valence-electron chi connectivity index (χ4n) is 1.70. The Balaban J connectivity index is 1.99. The highest BCUT2D eigenvalue weighted by Crippen LogP contribution is 2.25. The van der Waals surface area contributed by atoms with Gasteiger partial charge in [0.05, 0.1) is 6.04 Å². The largest absolute Gasteiger partial charge is 0.328 e. The van der Waals surface area contributed by atoms with Crippen LogP contribution in [-0.2, 0) is 0 Å². The van der Waals surface area contributed by atoms with E-state index in [1.807, 2.05) is 4.68 Å². The van der Waals surface area contributed by atoms with E-state index in [1.165, 1.54) is 0 Å². The second-order valence-electron chi connectivity index (χ2n) is 3.36. The van der Waals surface area contributed by atoms with E-state index >= 15 is 0 Å². The van der Waals surface area contributed by atoms with Crippen LogP contribution in [0.1, 0.15) is 31.7 Å². The summed E-state index contributed by atoms with van der Waals surface area (Å²) in [5.41, 5.74) is 5.79. The van der Waals surface area contributed by atoms with Gasteiger partial charge in [-0.25, -0.2) is 4.68 Å². The number of hydrogen-bond donors (Lipinski definition) is 1. The van der Waals surface area contributed by atoms with Crippen molar-refractivity contribution < 1.29 is 0 Å². The minimum Gasteiger partial charge on any atom is -0.328 e. The van der Waals surface area contributed by atoms with Gasteiger partial charge in [0.25, 0.3) is 0 Å². The topological polar surface area (TPSA) is 69.6 Å². The molecule has 0 amide bonds. The van der Waals surface area contributed by atoms with Crippen molar-refractivity contribution in [2.24, 2.45) is 5.73 Å². The molecule has 66 valence electrons. The van der Waals surface area contributed by atoms with Gasteiger partial charge in [-0.1, -0.05) is 0 Å². The number of nitrogens with two attached hydrogens (primary N) is 1. The van der Waals surface area contributed by atoms with Crippen LogP contribution in [0, 0.1) is 0 Å². The highest BCUT2D eigenvalue weighted by molar-refractivity contribution is 4.77. The lowest BCUT2D eigenvalue weighted by Gasteiger charge is -2.25. The fourth-order valence-corrected chi connectivity index (χ4v) is 1.70. The number of aromatic nitrogens is 4. The predicted molar refractivity (Wildman–Crippen MR) is 43.3 cm³/mol. The maximum absolute atomic E-state index is 5.79. The molecule has 5 heteroatoms. The molecule has 12 heavy (non-hydrogen) atoms. The van der Waals surface area contributed by atoms with Crippen LogP contribution in [0.3, 0.4) is 0 Å². The first-order chi connectivity index (χ1) is 5.86. The molecule has 0 unspecified atom stereocenters. The zero-order valence-corrected chi connectivity index (χ0v) is 6.93. The first-order valence-corrected chi connectivity index (χ1v) is 4.34. The van der Waals surface area contributed by atoms with Gasteiger partial charge < -0.3 is 5.73 Å². The van der Waals surface area contributed by atoms with Gasteiger partial charge in [0.1, 0.15) is 6.33 Å². The molecule has 1 fully saturated rings. The quantitative estimate of drug-likeness (QED) is 0.644. The van der Waals surface area contributed by atoms with Gasteiger partial charge in [-0.15, -0.1) is 5.10 Å². The number of rotatable bonds is 1. The average Bonchev–Trinajstić information content (AvgIpc) is 2.58. The van der Waals surface area contributed by atoms with Gasteiger partial charge in [-0.2, -0.15) is 0 Å². The minimum atomic E-state index is 0.387. The molecular weight excluding hydrogens is 154 g/mol. The monoisotopic (exact) mass is 167 g/mol. The van der Waals surface area contributed by atoms with E-state index in [9.17, 15) is 0 Å². The van der Waals surface area contributed by atoms with Crippen LogP contribution >= 0.6 is 0 Å². The van der Waals surface area contributed by atoms with Crippen LogP contribution in [-0.4, -0.2) is 26.2 Å². The summed E-state index contributed by atoms with van der Waals surface area (Å²) in [5.74, 6) is 0. The molecule has 1 saturated carbocycles. The molecule has 1 aromatic heterocycles. The lowest BCUT2D eigenvalue weighted by Crippen LogP contribution is -2.28. The van der Waals surface area contributed by atoms with Crippen LogP contribution in [0.25, 0.3) is 0 Å². The molecule has 1 heterocycles. The standard InChI is InChI=1S/C7H13N5/c8-6-1-3-7(4-2-6)12-5-9-10-11-12/h5-7H,1-4,8H2. The Labute approximate surface area is 70.9 Å². The lowest BCUT2D eigenvalue weighted by atomic mass is 9.92. The van der Waals surface area contributed by atoms with Crippen LogP contribution < -0.4 is 5.73 Å². The molecule has 2 rings (SSSR count). The Morgan fingerprint density at radius 2 is 2.00 bits per heavy atom. The van der Waals surface area contributed by atoms with Crippen LogP contribution in [0.15, 0.2) is 6.33 Å². The van der Waals surface area contributed by atoms with E-state index in [4.69, 9.17) is 5.73 Å². The van der Waals surface area contributed by atoms with Crippen molar-refractivity contribution in [1.29, 1.82) is 0 Å². The van der Waals surface area contributed by atoms with E-state index in [0.717, 1.165) is 25.7 Å². The predicted octanol–water partition coefficient (Wildman–Crippen LogP) is 0.115. The zero-order valence-electron chi connectivity index (χ0n) is 6.93. The Morgan fingerprint density at radius 1 is 1.25 bits per heavy atom. The van der Waals surface area contributed by atoms with Crippen molar-refractivity contribution in [2.75, 3.05) is 0 Å². The number of tetrazole rings is 1. The second kappa shape index (κ2) is 3.18. The normalized spacial score (nSPS) is 30.4. The maximum Gasteiger partial charge on any atom is 0.138 e. The zero-order chi connectivity index (χ0) is 8.39. The molecule has 0 radical (unpaired) electrons. The average molecular weight is 167 g/mol. The highest BCUT2D eigenvalue weighted by Gasteiger charge is 2.20. The molecule has 0 saturated heterocycles. The van der Waals surface area contributed by atoms with Gasteiger partial charge >= 0.3 is 0 Å². The first kappa shape index (κ1) is 7.67. The summed E-state index contributed by atoms with van der Waals surface area (Å²) in [6.07, 6.45) is 6.06. The molecule has 0 aliphatic heterocycles. The Kier molecular flexibility index (Phi) is 2.03. The van der Waals surface area contributed by atoms with Crippen molar-refractivity contribution in [3.63, 3.8) is 0 Å². The smallest absolute Gasteiger partial charge is 0.138 e. The summed E-state index contributed by atoms with van der Waals surface area (Å²) in [5, 5.41) is 11.1. The third-order valence-electron chi connectivity index (χ3n) is 2.48. The maximum atomic E-state index is 5.79. The van der Waals surface area contributed by atoms with Crippen molar-refractivity contribution in [2.45, 2.75) is 37.8 Å². The van der Waals surface area contributed by atoms with Gasteiger partial charge in [0, 0.05) is 6.04 Å². The van der Waals surface area contributed by atoms with Crippen molar-refractivity contribution in [3.8, 4) is 0 Å². The summed E-state index contributed by atoms with van der Waals surface area (Å²) >= 11 is 0. The summed E-state index contributed by atoms with van der Waals surface area (Å²) < 4.78 is 1.84. The minimum absolute atomic E-state index is 0.387. The van der Waals surface area contributed by atoms with Crippen molar-refractivity contribution >= 4 is 0 Å². The molecule has 0 bridgehead atoms. The molecule has 0 aromatic carbocycles. The summed E-state index contributed by atoms with van der Waals surface area (Å²) in [6.45, 7) is 0.